The molecule has 1 amide bonds. The number of rotatable bonds is 6. The van der Waals surface area contributed by atoms with Crippen LogP contribution in [0.15, 0.2) is 24.3 Å². The minimum absolute atomic E-state index is 0.0493. The fraction of sp³-hybridized carbons (Fsp3) is 0.588. The van der Waals surface area contributed by atoms with Crippen LogP contribution in [-0.2, 0) is 11.3 Å². The SMILES string of the molecule is CC(C)c1ccc(CN(C)C(=O)CC(N)C2CC2)cc1. The van der Waals surface area contributed by atoms with Crippen LogP contribution in [0.25, 0.3) is 0 Å². The van der Waals surface area contributed by atoms with Gasteiger partial charge in [0.05, 0.1) is 0 Å². The van der Waals surface area contributed by atoms with E-state index >= 15 is 0 Å². The number of amides is 1. The zero-order valence-corrected chi connectivity index (χ0v) is 12.8. The second kappa shape index (κ2) is 6.40. The number of carbonyl (C=O) groups is 1. The Labute approximate surface area is 122 Å². The second-order valence-electron chi connectivity index (χ2n) is 6.35. The molecule has 1 saturated carbocycles. The van der Waals surface area contributed by atoms with Gasteiger partial charge in [0.2, 0.25) is 5.91 Å². The molecule has 1 aromatic rings. The van der Waals surface area contributed by atoms with Gasteiger partial charge in [-0.1, -0.05) is 38.1 Å². The van der Waals surface area contributed by atoms with Crippen LogP contribution in [0.1, 0.15) is 50.2 Å². The van der Waals surface area contributed by atoms with E-state index in [9.17, 15) is 4.79 Å². The molecule has 0 radical (unpaired) electrons. The number of carbonyl (C=O) groups excluding carboxylic acids is 1. The van der Waals surface area contributed by atoms with Crippen molar-refractivity contribution >= 4 is 5.91 Å². The molecule has 110 valence electrons. The van der Waals surface area contributed by atoms with Gasteiger partial charge < -0.3 is 10.6 Å². The predicted octanol–water partition coefficient (Wildman–Crippen LogP) is 2.90. The third-order valence-electron chi connectivity index (χ3n) is 4.13. The number of benzene rings is 1. The molecule has 2 rings (SSSR count). The molecule has 3 nitrogen and oxygen atoms in total. The highest BCUT2D eigenvalue weighted by Gasteiger charge is 2.30. The van der Waals surface area contributed by atoms with Crippen molar-refractivity contribution in [1.82, 2.24) is 4.90 Å². The lowest BCUT2D eigenvalue weighted by Gasteiger charge is -2.20. The summed E-state index contributed by atoms with van der Waals surface area (Å²) in [5.41, 5.74) is 8.52. The highest BCUT2D eigenvalue weighted by atomic mass is 16.2. The lowest BCUT2D eigenvalue weighted by atomic mass is 10.0. The number of nitrogens with zero attached hydrogens (tertiary/aromatic N) is 1. The first-order valence-electron chi connectivity index (χ1n) is 7.55. The third kappa shape index (κ3) is 4.07. The van der Waals surface area contributed by atoms with Crippen molar-refractivity contribution in [1.29, 1.82) is 0 Å². The van der Waals surface area contributed by atoms with Crippen LogP contribution in [0.5, 0.6) is 0 Å². The van der Waals surface area contributed by atoms with E-state index in [1.165, 1.54) is 24.0 Å². The van der Waals surface area contributed by atoms with Gasteiger partial charge in [-0.25, -0.2) is 0 Å². The van der Waals surface area contributed by atoms with Crippen LogP contribution in [0.3, 0.4) is 0 Å². The van der Waals surface area contributed by atoms with Gasteiger partial charge in [-0.3, -0.25) is 4.79 Å². The molecule has 1 unspecified atom stereocenters. The van der Waals surface area contributed by atoms with Crippen LogP contribution >= 0.6 is 0 Å². The zero-order valence-electron chi connectivity index (χ0n) is 12.8. The van der Waals surface area contributed by atoms with Crippen molar-refractivity contribution in [3.05, 3.63) is 35.4 Å². The van der Waals surface area contributed by atoms with E-state index in [1.54, 1.807) is 4.90 Å². The average Bonchev–Trinajstić information content (AvgIpc) is 3.23. The molecule has 3 heteroatoms. The fourth-order valence-electron chi connectivity index (χ4n) is 2.42. The summed E-state index contributed by atoms with van der Waals surface area (Å²) in [6.45, 7) is 5.03. The van der Waals surface area contributed by atoms with Crippen LogP contribution in [0.4, 0.5) is 0 Å². The Bertz CT molecular complexity index is 449. The first kappa shape index (κ1) is 15.0. The second-order valence-corrected chi connectivity index (χ2v) is 6.35. The molecule has 1 fully saturated rings. The van der Waals surface area contributed by atoms with Crippen LogP contribution in [0.2, 0.25) is 0 Å². The molecule has 20 heavy (non-hydrogen) atoms. The molecule has 0 aromatic heterocycles. The summed E-state index contributed by atoms with van der Waals surface area (Å²) in [4.78, 5) is 13.9. The standard InChI is InChI=1S/C17H26N2O/c1-12(2)14-6-4-13(5-7-14)11-19(3)17(20)10-16(18)15-8-9-15/h4-7,12,15-16H,8-11,18H2,1-3H3. The van der Waals surface area contributed by atoms with E-state index in [0.717, 1.165) is 0 Å². The van der Waals surface area contributed by atoms with E-state index in [2.05, 4.69) is 38.1 Å². The lowest BCUT2D eigenvalue weighted by molar-refractivity contribution is -0.130. The maximum absolute atomic E-state index is 12.1. The van der Waals surface area contributed by atoms with Crippen molar-refractivity contribution < 1.29 is 4.79 Å². The molecule has 1 atom stereocenters. The predicted molar refractivity (Wildman–Crippen MR) is 82.3 cm³/mol. The first-order chi connectivity index (χ1) is 9.47. The summed E-state index contributed by atoms with van der Waals surface area (Å²) in [7, 11) is 1.86. The van der Waals surface area contributed by atoms with E-state index in [1.807, 2.05) is 7.05 Å². The minimum atomic E-state index is 0.0493. The quantitative estimate of drug-likeness (QED) is 0.867. The van der Waals surface area contributed by atoms with Gasteiger partial charge in [0.25, 0.3) is 0 Å². The Morgan fingerprint density at radius 2 is 1.90 bits per heavy atom. The van der Waals surface area contributed by atoms with Gasteiger partial charge in [0.15, 0.2) is 0 Å². The highest BCUT2D eigenvalue weighted by Crippen LogP contribution is 2.33. The molecule has 2 N–H and O–H groups in total. The Kier molecular flexibility index (Phi) is 4.81. The normalized spacial score (nSPS) is 16.2. The maximum atomic E-state index is 12.1. The first-order valence-corrected chi connectivity index (χ1v) is 7.55. The minimum Gasteiger partial charge on any atom is -0.341 e. The molecular formula is C17H26N2O. The average molecular weight is 274 g/mol. The summed E-state index contributed by atoms with van der Waals surface area (Å²) in [5, 5.41) is 0. The highest BCUT2D eigenvalue weighted by molar-refractivity contribution is 5.76. The molecule has 0 bridgehead atoms. The molecule has 0 aliphatic heterocycles. The monoisotopic (exact) mass is 274 g/mol. The van der Waals surface area contributed by atoms with E-state index in [0.29, 0.717) is 24.8 Å². The van der Waals surface area contributed by atoms with Gasteiger partial charge in [-0.2, -0.15) is 0 Å². The van der Waals surface area contributed by atoms with Gasteiger partial charge >= 0.3 is 0 Å². The largest absolute Gasteiger partial charge is 0.341 e. The summed E-state index contributed by atoms with van der Waals surface area (Å²) in [5.74, 6) is 1.27. The summed E-state index contributed by atoms with van der Waals surface area (Å²) < 4.78 is 0. The zero-order chi connectivity index (χ0) is 14.7. The smallest absolute Gasteiger partial charge is 0.224 e. The Hall–Kier alpha value is -1.35. The van der Waals surface area contributed by atoms with Gasteiger partial charge in [0, 0.05) is 26.1 Å². The van der Waals surface area contributed by atoms with Gasteiger partial charge in [-0.15, -0.1) is 0 Å². The maximum Gasteiger partial charge on any atom is 0.224 e. The topological polar surface area (TPSA) is 46.3 Å². The van der Waals surface area contributed by atoms with Crippen LogP contribution in [-0.4, -0.2) is 23.9 Å². The van der Waals surface area contributed by atoms with Crippen molar-refractivity contribution in [2.45, 2.75) is 51.6 Å². The number of hydrogen-bond donors (Lipinski definition) is 1. The molecular weight excluding hydrogens is 248 g/mol. The Morgan fingerprint density at radius 1 is 1.30 bits per heavy atom. The molecule has 0 spiro atoms. The third-order valence-corrected chi connectivity index (χ3v) is 4.13. The van der Waals surface area contributed by atoms with Gasteiger partial charge in [0.1, 0.15) is 0 Å². The number of nitrogens with two attached hydrogens (primary N) is 1. The number of hydrogen-bond acceptors (Lipinski definition) is 2. The van der Waals surface area contributed by atoms with Crippen molar-refractivity contribution in [2.75, 3.05) is 7.05 Å². The summed E-state index contributed by atoms with van der Waals surface area (Å²) in [6, 6.07) is 8.57. The van der Waals surface area contributed by atoms with Crippen molar-refractivity contribution in [3.8, 4) is 0 Å². The Balaban J connectivity index is 1.86. The molecule has 1 aliphatic rings. The molecule has 1 aliphatic carbocycles. The van der Waals surface area contributed by atoms with Crippen molar-refractivity contribution in [2.24, 2.45) is 11.7 Å². The van der Waals surface area contributed by atoms with Crippen LogP contribution < -0.4 is 5.73 Å². The van der Waals surface area contributed by atoms with E-state index in [-0.39, 0.29) is 11.9 Å². The van der Waals surface area contributed by atoms with Crippen molar-refractivity contribution in [3.63, 3.8) is 0 Å². The van der Waals surface area contributed by atoms with E-state index < -0.39 is 0 Å². The summed E-state index contributed by atoms with van der Waals surface area (Å²) >= 11 is 0. The van der Waals surface area contributed by atoms with Crippen LogP contribution in [0, 0.1) is 5.92 Å². The van der Waals surface area contributed by atoms with Gasteiger partial charge in [-0.05, 0) is 35.8 Å². The fourth-order valence-corrected chi connectivity index (χ4v) is 2.42. The lowest BCUT2D eigenvalue weighted by Crippen LogP contribution is -2.34. The molecule has 0 heterocycles. The van der Waals surface area contributed by atoms with E-state index in [4.69, 9.17) is 5.73 Å². The summed E-state index contributed by atoms with van der Waals surface area (Å²) in [6.07, 6.45) is 2.86. The molecule has 1 aromatic carbocycles. The Morgan fingerprint density at radius 3 is 2.40 bits per heavy atom. The molecule has 0 saturated heterocycles.